The molecule has 2 rings (SSSR count). The Bertz CT molecular complexity index is 264. The van der Waals surface area contributed by atoms with E-state index in [0.717, 1.165) is 23.7 Å². The quantitative estimate of drug-likeness (QED) is 0.296. The molecule has 0 aromatic heterocycles. The third-order valence-electron chi connectivity index (χ3n) is 7.26. The second-order valence-corrected chi connectivity index (χ2v) is 9.28. The van der Waals surface area contributed by atoms with Gasteiger partial charge in [0.1, 0.15) is 0 Å². The van der Waals surface area contributed by atoms with E-state index in [2.05, 4.69) is 13.8 Å². The molecule has 0 radical (unpaired) electrons. The number of rotatable bonds is 13. The first-order chi connectivity index (χ1) is 11.8. The lowest BCUT2D eigenvalue weighted by Crippen LogP contribution is -2.09. The van der Waals surface area contributed by atoms with Crippen molar-refractivity contribution in [2.45, 2.75) is 129 Å². The summed E-state index contributed by atoms with van der Waals surface area (Å²) in [7, 11) is 0. The summed E-state index contributed by atoms with van der Waals surface area (Å²) in [5, 5.41) is 0. The topological polar surface area (TPSA) is 0 Å². The molecule has 0 heteroatoms. The minimum atomic E-state index is 1.10. The molecule has 0 amide bonds. The third-order valence-corrected chi connectivity index (χ3v) is 7.26. The van der Waals surface area contributed by atoms with Gasteiger partial charge in [0.2, 0.25) is 0 Å². The van der Waals surface area contributed by atoms with Gasteiger partial charge in [0.05, 0.1) is 0 Å². The van der Waals surface area contributed by atoms with Crippen molar-refractivity contribution < 1.29 is 0 Å². The SMILES string of the molecule is CCCCCCCC1CCC(C2CCC(CCCCCCC)C2)C1. The van der Waals surface area contributed by atoms with Gasteiger partial charge in [-0.15, -0.1) is 0 Å². The van der Waals surface area contributed by atoms with Crippen molar-refractivity contribution >= 4 is 0 Å². The molecule has 0 heterocycles. The average Bonchev–Trinajstić information content (AvgIpc) is 3.23. The summed E-state index contributed by atoms with van der Waals surface area (Å²) in [6.07, 6.45) is 27.2. The van der Waals surface area contributed by atoms with E-state index >= 15 is 0 Å². The molecule has 2 aliphatic carbocycles. The summed E-state index contributed by atoms with van der Waals surface area (Å²) in [6, 6.07) is 0. The van der Waals surface area contributed by atoms with Crippen molar-refractivity contribution in [2.75, 3.05) is 0 Å². The molecule has 0 aromatic rings. The molecule has 0 saturated heterocycles. The molecule has 2 fully saturated rings. The maximum absolute atomic E-state index is 2.32. The van der Waals surface area contributed by atoms with Crippen LogP contribution in [0.2, 0.25) is 0 Å². The van der Waals surface area contributed by atoms with Crippen LogP contribution in [0.25, 0.3) is 0 Å². The van der Waals surface area contributed by atoms with Crippen molar-refractivity contribution in [3.63, 3.8) is 0 Å². The van der Waals surface area contributed by atoms with E-state index in [0.29, 0.717) is 0 Å². The van der Waals surface area contributed by atoms with E-state index in [9.17, 15) is 0 Å². The summed E-state index contributed by atoms with van der Waals surface area (Å²) in [4.78, 5) is 0. The molecular formula is C24H46. The fourth-order valence-corrected chi connectivity index (χ4v) is 5.68. The second kappa shape index (κ2) is 12.4. The zero-order valence-electron chi connectivity index (χ0n) is 17.0. The van der Waals surface area contributed by atoms with E-state index < -0.39 is 0 Å². The first-order valence-corrected chi connectivity index (χ1v) is 11.8. The van der Waals surface area contributed by atoms with Gasteiger partial charge in [-0.1, -0.05) is 104 Å². The highest BCUT2D eigenvalue weighted by molar-refractivity contribution is 4.86. The minimum Gasteiger partial charge on any atom is -0.0654 e. The normalized spacial score (nSPS) is 30.2. The van der Waals surface area contributed by atoms with Crippen molar-refractivity contribution in [2.24, 2.45) is 23.7 Å². The monoisotopic (exact) mass is 334 g/mol. The van der Waals surface area contributed by atoms with Crippen LogP contribution in [-0.4, -0.2) is 0 Å². The Kier molecular flexibility index (Phi) is 10.5. The minimum absolute atomic E-state index is 1.10. The van der Waals surface area contributed by atoms with Crippen LogP contribution in [-0.2, 0) is 0 Å². The Morgan fingerprint density at radius 2 is 0.917 bits per heavy atom. The first kappa shape index (κ1) is 20.3. The molecule has 4 unspecified atom stereocenters. The summed E-state index contributed by atoms with van der Waals surface area (Å²) in [6.45, 7) is 4.64. The van der Waals surface area contributed by atoms with Gasteiger partial charge in [0, 0.05) is 0 Å². The molecule has 142 valence electrons. The smallest absolute Gasteiger partial charge is 0.0383 e. The van der Waals surface area contributed by atoms with Gasteiger partial charge < -0.3 is 0 Å². The summed E-state index contributed by atoms with van der Waals surface area (Å²) >= 11 is 0. The van der Waals surface area contributed by atoms with E-state index in [4.69, 9.17) is 0 Å². The van der Waals surface area contributed by atoms with Crippen molar-refractivity contribution in [1.82, 2.24) is 0 Å². The van der Waals surface area contributed by atoms with Crippen LogP contribution in [0, 0.1) is 23.7 Å². The Labute approximate surface area is 153 Å². The predicted molar refractivity (Wildman–Crippen MR) is 108 cm³/mol. The second-order valence-electron chi connectivity index (χ2n) is 9.28. The lowest BCUT2D eigenvalue weighted by Gasteiger charge is -2.19. The van der Waals surface area contributed by atoms with Gasteiger partial charge in [0.25, 0.3) is 0 Å². The highest BCUT2D eigenvalue weighted by atomic mass is 14.4. The van der Waals surface area contributed by atoms with Crippen LogP contribution in [0.15, 0.2) is 0 Å². The zero-order valence-corrected chi connectivity index (χ0v) is 17.0. The van der Waals surface area contributed by atoms with Gasteiger partial charge in [-0.05, 0) is 49.4 Å². The van der Waals surface area contributed by atoms with Gasteiger partial charge in [0.15, 0.2) is 0 Å². The van der Waals surface area contributed by atoms with Gasteiger partial charge in [-0.3, -0.25) is 0 Å². The molecule has 0 aromatic carbocycles. The van der Waals surface area contributed by atoms with Gasteiger partial charge >= 0.3 is 0 Å². The van der Waals surface area contributed by atoms with Crippen LogP contribution in [0.3, 0.4) is 0 Å². The van der Waals surface area contributed by atoms with Gasteiger partial charge in [-0.2, -0.15) is 0 Å². The molecule has 4 atom stereocenters. The summed E-state index contributed by atoms with van der Waals surface area (Å²) in [5.74, 6) is 4.45. The molecule has 0 nitrogen and oxygen atoms in total. The fraction of sp³-hybridized carbons (Fsp3) is 1.00. The van der Waals surface area contributed by atoms with Crippen molar-refractivity contribution in [1.29, 1.82) is 0 Å². The van der Waals surface area contributed by atoms with Crippen molar-refractivity contribution in [3.05, 3.63) is 0 Å². The molecule has 2 aliphatic rings. The van der Waals surface area contributed by atoms with Crippen LogP contribution in [0.1, 0.15) is 129 Å². The Morgan fingerprint density at radius 3 is 1.33 bits per heavy atom. The largest absolute Gasteiger partial charge is 0.0654 e. The van der Waals surface area contributed by atoms with E-state index in [1.54, 1.807) is 51.4 Å². The highest BCUT2D eigenvalue weighted by Crippen LogP contribution is 2.46. The van der Waals surface area contributed by atoms with Crippen LogP contribution < -0.4 is 0 Å². The number of hydrogen-bond donors (Lipinski definition) is 0. The number of unbranched alkanes of at least 4 members (excludes halogenated alkanes) is 8. The average molecular weight is 335 g/mol. The predicted octanol–water partition coefficient (Wildman–Crippen LogP) is 8.54. The Balaban J connectivity index is 1.52. The van der Waals surface area contributed by atoms with E-state index in [1.165, 1.54) is 64.2 Å². The van der Waals surface area contributed by atoms with E-state index in [-0.39, 0.29) is 0 Å². The van der Waals surface area contributed by atoms with Crippen LogP contribution >= 0.6 is 0 Å². The molecule has 0 spiro atoms. The highest BCUT2D eigenvalue weighted by Gasteiger charge is 2.34. The number of hydrogen-bond acceptors (Lipinski definition) is 0. The molecular weight excluding hydrogens is 288 g/mol. The first-order valence-electron chi connectivity index (χ1n) is 11.8. The molecule has 24 heavy (non-hydrogen) atoms. The molecule has 2 saturated carbocycles. The molecule has 0 N–H and O–H groups in total. The van der Waals surface area contributed by atoms with Gasteiger partial charge in [-0.25, -0.2) is 0 Å². The van der Waals surface area contributed by atoms with Crippen LogP contribution in [0.4, 0.5) is 0 Å². The fourth-order valence-electron chi connectivity index (χ4n) is 5.68. The molecule has 0 bridgehead atoms. The Morgan fingerprint density at radius 1 is 0.500 bits per heavy atom. The third kappa shape index (κ3) is 7.49. The van der Waals surface area contributed by atoms with E-state index in [1.807, 2.05) is 0 Å². The standard InChI is InChI=1S/C24H46/c1-3-5-7-9-11-13-21-15-17-23(19-21)24-18-16-22(20-24)14-12-10-8-6-4-2/h21-24H,3-20H2,1-2H3. The molecule has 0 aliphatic heterocycles. The summed E-state index contributed by atoms with van der Waals surface area (Å²) in [5.41, 5.74) is 0. The van der Waals surface area contributed by atoms with Crippen LogP contribution in [0.5, 0.6) is 0 Å². The lowest BCUT2D eigenvalue weighted by atomic mass is 9.86. The Hall–Kier alpha value is 0. The summed E-state index contributed by atoms with van der Waals surface area (Å²) < 4.78 is 0. The maximum Gasteiger partial charge on any atom is -0.0383 e. The maximum atomic E-state index is 2.32. The zero-order chi connectivity index (χ0) is 17.0. The van der Waals surface area contributed by atoms with Crippen molar-refractivity contribution in [3.8, 4) is 0 Å². The lowest BCUT2D eigenvalue weighted by molar-refractivity contribution is 0.315.